The maximum absolute atomic E-state index is 12.2. The standard InChI is InChI=1S/C18H30N4O/c1-12(2)11-19-18(23)15(5)22-8-6-16(7-9-22)17-20-13(3)10-14(4)21-17/h10,12,15-16H,6-9,11H2,1-5H3,(H,19,23). The third kappa shape index (κ3) is 4.99. The van der Waals surface area contributed by atoms with Crippen LogP contribution in [-0.2, 0) is 4.79 Å². The van der Waals surface area contributed by atoms with Gasteiger partial charge in [0.15, 0.2) is 0 Å². The lowest BCUT2D eigenvalue weighted by atomic mass is 9.94. The lowest BCUT2D eigenvalue weighted by molar-refractivity contribution is -0.126. The quantitative estimate of drug-likeness (QED) is 0.906. The highest BCUT2D eigenvalue weighted by molar-refractivity contribution is 5.81. The summed E-state index contributed by atoms with van der Waals surface area (Å²) in [7, 11) is 0. The Hall–Kier alpha value is -1.49. The molecule has 23 heavy (non-hydrogen) atoms. The Morgan fingerprint density at radius 2 is 1.78 bits per heavy atom. The molecule has 0 saturated carbocycles. The molecule has 128 valence electrons. The molecular weight excluding hydrogens is 288 g/mol. The van der Waals surface area contributed by atoms with Gasteiger partial charge in [-0.15, -0.1) is 0 Å². The number of rotatable bonds is 5. The van der Waals surface area contributed by atoms with Crippen LogP contribution in [0.5, 0.6) is 0 Å². The molecule has 1 unspecified atom stereocenters. The fourth-order valence-corrected chi connectivity index (χ4v) is 3.10. The van der Waals surface area contributed by atoms with E-state index in [4.69, 9.17) is 0 Å². The minimum Gasteiger partial charge on any atom is -0.354 e. The molecule has 1 aromatic heterocycles. The molecule has 1 fully saturated rings. The number of hydrogen-bond acceptors (Lipinski definition) is 4. The number of likely N-dealkylation sites (tertiary alicyclic amines) is 1. The molecule has 1 amide bonds. The number of carbonyl (C=O) groups excluding carboxylic acids is 1. The second kappa shape index (κ2) is 7.86. The number of amides is 1. The van der Waals surface area contributed by atoms with E-state index in [1.54, 1.807) is 0 Å². The third-order valence-electron chi connectivity index (χ3n) is 4.51. The van der Waals surface area contributed by atoms with E-state index < -0.39 is 0 Å². The number of carbonyl (C=O) groups is 1. The van der Waals surface area contributed by atoms with Crippen LogP contribution in [-0.4, -0.2) is 46.5 Å². The average Bonchev–Trinajstić information content (AvgIpc) is 2.51. The molecule has 2 rings (SSSR count). The molecule has 0 radical (unpaired) electrons. The van der Waals surface area contributed by atoms with Gasteiger partial charge in [-0.3, -0.25) is 9.69 Å². The zero-order chi connectivity index (χ0) is 17.0. The summed E-state index contributed by atoms with van der Waals surface area (Å²) in [4.78, 5) is 23.7. The van der Waals surface area contributed by atoms with Crippen LogP contribution in [0.15, 0.2) is 6.07 Å². The van der Waals surface area contributed by atoms with Crippen LogP contribution >= 0.6 is 0 Å². The van der Waals surface area contributed by atoms with Crippen molar-refractivity contribution < 1.29 is 4.79 Å². The summed E-state index contributed by atoms with van der Waals surface area (Å²) in [6, 6.07) is 1.95. The van der Waals surface area contributed by atoms with E-state index in [1.807, 2.05) is 26.8 Å². The van der Waals surface area contributed by atoms with Crippen molar-refractivity contribution in [3.8, 4) is 0 Å². The number of nitrogens with zero attached hydrogens (tertiary/aromatic N) is 3. The van der Waals surface area contributed by atoms with Crippen molar-refractivity contribution >= 4 is 5.91 Å². The molecule has 0 aliphatic carbocycles. The highest BCUT2D eigenvalue weighted by atomic mass is 16.2. The van der Waals surface area contributed by atoms with E-state index in [0.29, 0.717) is 11.8 Å². The van der Waals surface area contributed by atoms with Gasteiger partial charge in [0.1, 0.15) is 5.82 Å². The lowest BCUT2D eigenvalue weighted by Crippen LogP contribution is -2.48. The van der Waals surface area contributed by atoms with Gasteiger partial charge in [-0.25, -0.2) is 9.97 Å². The zero-order valence-electron chi connectivity index (χ0n) is 15.1. The van der Waals surface area contributed by atoms with Gasteiger partial charge in [0.25, 0.3) is 0 Å². The van der Waals surface area contributed by atoms with Crippen LogP contribution in [0.1, 0.15) is 56.7 Å². The zero-order valence-corrected chi connectivity index (χ0v) is 15.1. The minimum atomic E-state index is -0.0603. The highest BCUT2D eigenvalue weighted by Gasteiger charge is 2.28. The Bertz CT molecular complexity index is 516. The van der Waals surface area contributed by atoms with Gasteiger partial charge in [-0.05, 0) is 58.7 Å². The fraction of sp³-hybridized carbons (Fsp3) is 0.722. The van der Waals surface area contributed by atoms with E-state index in [0.717, 1.165) is 49.7 Å². The maximum atomic E-state index is 12.2. The van der Waals surface area contributed by atoms with E-state index in [9.17, 15) is 4.79 Å². The van der Waals surface area contributed by atoms with Gasteiger partial charge in [-0.2, -0.15) is 0 Å². The van der Waals surface area contributed by atoms with Gasteiger partial charge >= 0.3 is 0 Å². The summed E-state index contributed by atoms with van der Waals surface area (Å²) in [6.07, 6.45) is 2.04. The van der Waals surface area contributed by atoms with Crippen LogP contribution in [0.3, 0.4) is 0 Å². The Labute approximate surface area is 139 Å². The number of nitrogens with one attached hydrogen (secondary N) is 1. The monoisotopic (exact) mass is 318 g/mol. The van der Waals surface area contributed by atoms with E-state index in [1.165, 1.54) is 0 Å². The molecule has 1 aromatic rings. The van der Waals surface area contributed by atoms with Crippen molar-refractivity contribution in [2.24, 2.45) is 5.92 Å². The Morgan fingerprint density at radius 3 is 2.30 bits per heavy atom. The van der Waals surface area contributed by atoms with Crippen LogP contribution in [0, 0.1) is 19.8 Å². The molecule has 1 N–H and O–H groups in total. The molecule has 1 atom stereocenters. The van der Waals surface area contributed by atoms with Crippen LogP contribution in [0.4, 0.5) is 0 Å². The molecule has 0 bridgehead atoms. The Kier molecular flexibility index (Phi) is 6.10. The molecule has 0 spiro atoms. The van der Waals surface area contributed by atoms with Crippen molar-refractivity contribution in [2.75, 3.05) is 19.6 Å². The molecule has 1 saturated heterocycles. The predicted octanol–water partition coefficient (Wildman–Crippen LogP) is 2.43. The highest BCUT2D eigenvalue weighted by Crippen LogP contribution is 2.26. The van der Waals surface area contributed by atoms with Crippen molar-refractivity contribution in [3.05, 3.63) is 23.3 Å². The first-order valence-corrected chi connectivity index (χ1v) is 8.70. The van der Waals surface area contributed by atoms with Crippen LogP contribution in [0.25, 0.3) is 0 Å². The molecule has 0 aromatic carbocycles. The summed E-state index contributed by atoms with van der Waals surface area (Å²) in [5, 5.41) is 3.03. The van der Waals surface area contributed by atoms with Crippen LogP contribution in [0.2, 0.25) is 0 Å². The third-order valence-corrected chi connectivity index (χ3v) is 4.51. The van der Waals surface area contributed by atoms with E-state index in [2.05, 4.69) is 34.0 Å². The summed E-state index contributed by atoms with van der Waals surface area (Å²) in [5.74, 6) is 2.01. The van der Waals surface area contributed by atoms with Crippen molar-refractivity contribution in [1.29, 1.82) is 0 Å². The average molecular weight is 318 g/mol. The first-order chi connectivity index (χ1) is 10.9. The lowest BCUT2D eigenvalue weighted by Gasteiger charge is -2.35. The number of piperidine rings is 1. The van der Waals surface area contributed by atoms with Gasteiger partial charge < -0.3 is 5.32 Å². The molecule has 5 nitrogen and oxygen atoms in total. The Morgan fingerprint density at radius 1 is 1.22 bits per heavy atom. The van der Waals surface area contributed by atoms with Crippen molar-refractivity contribution in [1.82, 2.24) is 20.2 Å². The molecule has 5 heteroatoms. The predicted molar refractivity (Wildman–Crippen MR) is 92.4 cm³/mol. The van der Waals surface area contributed by atoms with Gasteiger partial charge in [0, 0.05) is 23.9 Å². The second-order valence-electron chi connectivity index (χ2n) is 7.13. The first-order valence-electron chi connectivity index (χ1n) is 8.70. The number of aryl methyl sites for hydroxylation is 2. The smallest absolute Gasteiger partial charge is 0.237 e. The molecular formula is C18H30N4O. The summed E-state index contributed by atoms with van der Waals surface area (Å²) < 4.78 is 0. The fourth-order valence-electron chi connectivity index (χ4n) is 3.10. The largest absolute Gasteiger partial charge is 0.354 e. The number of aromatic nitrogens is 2. The normalized spacial score (nSPS) is 18.2. The minimum absolute atomic E-state index is 0.0603. The molecule has 1 aliphatic heterocycles. The number of hydrogen-bond donors (Lipinski definition) is 1. The topological polar surface area (TPSA) is 58.1 Å². The van der Waals surface area contributed by atoms with Crippen LogP contribution < -0.4 is 5.32 Å². The van der Waals surface area contributed by atoms with E-state index in [-0.39, 0.29) is 11.9 Å². The SMILES string of the molecule is Cc1cc(C)nc(C2CCN(C(C)C(=O)NCC(C)C)CC2)n1. The molecule has 1 aliphatic rings. The Balaban J connectivity index is 1.89. The van der Waals surface area contributed by atoms with Gasteiger partial charge in [-0.1, -0.05) is 13.8 Å². The van der Waals surface area contributed by atoms with Crippen molar-refractivity contribution in [2.45, 2.75) is 59.4 Å². The molecule has 2 heterocycles. The second-order valence-corrected chi connectivity index (χ2v) is 7.13. The van der Waals surface area contributed by atoms with E-state index >= 15 is 0 Å². The summed E-state index contributed by atoms with van der Waals surface area (Å²) in [5.41, 5.74) is 2.08. The summed E-state index contributed by atoms with van der Waals surface area (Å²) >= 11 is 0. The van der Waals surface area contributed by atoms with Crippen molar-refractivity contribution in [3.63, 3.8) is 0 Å². The van der Waals surface area contributed by atoms with Gasteiger partial charge in [0.05, 0.1) is 6.04 Å². The first kappa shape index (κ1) is 17.9. The maximum Gasteiger partial charge on any atom is 0.237 e. The van der Waals surface area contributed by atoms with Gasteiger partial charge in [0.2, 0.25) is 5.91 Å². The summed E-state index contributed by atoms with van der Waals surface area (Å²) in [6.45, 7) is 12.9.